The van der Waals surface area contributed by atoms with Crippen molar-refractivity contribution in [1.29, 1.82) is 0 Å². The van der Waals surface area contributed by atoms with E-state index in [1.165, 1.54) is 44.9 Å². The molecule has 6 nitrogen and oxygen atoms in total. The van der Waals surface area contributed by atoms with Crippen molar-refractivity contribution in [1.82, 2.24) is 15.5 Å². The zero-order chi connectivity index (χ0) is 24.9. The lowest BCUT2D eigenvalue weighted by molar-refractivity contribution is -0.152. The number of rotatable bonds is 18. The summed E-state index contributed by atoms with van der Waals surface area (Å²) in [5, 5.41) is 5.92. The van der Waals surface area contributed by atoms with Gasteiger partial charge in [0.1, 0.15) is 6.10 Å². The van der Waals surface area contributed by atoms with E-state index in [9.17, 15) is 9.59 Å². The molecule has 6 heteroatoms. The molecule has 2 amide bonds. The number of nitrogens with one attached hydrogen (secondary N) is 2. The number of allylic oxidation sites excluding steroid dienone is 4. The summed E-state index contributed by atoms with van der Waals surface area (Å²) in [7, 11) is 1.86. The minimum Gasteiger partial charge on any atom is -0.460 e. The van der Waals surface area contributed by atoms with Gasteiger partial charge in [0.2, 0.25) is 0 Å². The van der Waals surface area contributed by atoms with E-state index in [0.29, 0.717) is 32.0 Å². The van der Waals surface area contributed by atoms with Gasteiger partial charge in [0, 0.05) is 26.1 Å². The van der Waals surface area contributed by atoms with Gasteiger partial charge in [-0.3, -0.25) is 4.79 Å². The fourth-order valence-electron chi connectivity index (χ4n) is 4.28. The number of likely N-dealkylation sites (tertiary alicyclic amines) is 1. The third-order valence-electron chi connectivity index (χ3n) is 6.19. The SMILES string of the molecule is CCCCC/C=C\C/C=C\CCCCCCCC(=O)OC1CC(C)CN(C(=O)NCCNC)C1. The summed E-state index contributed by atoms with van der Waals surface area (Å²) in [5.74, 6) is 0.206. The Morgan fingerprint density at radius 3 is 2.29 bits per heavy atom. The van der Waals surface area contributed by atoms with Crippen LogP contribution < -0.4 is 10.6 Å². The van der Waals surface area contributed by atoms with Crippen molar-refractivity contribution in [2.75, 3.05) is 33.2 Å². The van der Waals surface area contributed by atoms with E-state index in [1.807, 2.05) is 7.05 Å². The number of likely N-dealkylation sites (N-methyl/N-ethyl adjacent to an activating group) is 1. The van der Waals surface area contributed by atoms with Crippen molar-refractivity contribution in [3.8, 4) is 0 Å². The Hall–Kier alpha value is -1.82. The molecule has 0 aromatic heterocycles. The van der Waals surface area contributed by atoms with Crippen LogP contribution in [-0.2, 0) is 9.53 Å². The van der Waals surface area contributed by atoms with Crippen LogP contribution in [-0.4, -0.2) is 56.2 Å². The summed E-state index contributed by atoms with van der Waals surface area (Å²) in [4.78, 5) is 26.4. The third-order valence-corrected chi connectivity index (χ3v) is 6.19. The smallest absolute Gasteiger partial charge is 0.317 e. The zero-order valence-corrected chi connectivity index (χ0v) is 22.2. The fourth-order valence-corrected chi connectivity index (χ4v) is 4.28. The summed E-state index contributed by atoms with van der Waals surface area (Å²) in [5.41, 5.74) is 0. The van der Waals surface area contributed by atoms with Crippen LogP contribution in [0, 0.1) is 5.92 Å². The van der Waals surface area contributed by atoms with Crippen molar-refractivity contribution >= 4 is 12.0 Å². The van der Waals surface area contributed by atoms with Crippen molar-refractivity contribution in [2.45, 2.75) is 103 Å². The molecular formula is C28H51N3O3. The van der Waals surface area contributed by atoms with Crippen molar-refractivity contribution in [3.63, 3.8) is 0 Å². The molecule has 1 fully saturated rings. The van der Waals surface area contributed by atoms with Gasteiger partial charge >= 0.3 is 12.0 Å². The molecule has 0 spiro atoms. The Morgan fingerprint density at radius 1 is 0.912 bits per heavy atom. The Kier molecular flexibility index (Phi) is 18.3. The Labute approximate surface area is 209 Å². The first-order chi connectivity index (χ1) is 16.6. The van der Waals surface area contributed by atoms with E-state index in [0.717, 1.165) is 38.6 Å². The number of carbonyl (C=O) groups is 2. The van der Waals surface area contributed by atoms with E-state index in [1.54, 1.807) is 4.90 Å². The van der Waals surface area contributed by atoms with E-state index in [4.69, 9.17) is 4.74 Å². The van der Waals surface area contributed by atoms with E-state index in [2.05, 4.69) is 48.8 Å². The van der Waals surface area contributed by atoms with Crippen molar-refractivity contribution in [3.05, 3.63) is 24.3 Å². The molecule has 0 saturated carbocycles. The maximum Gasteiger partial charge on any atom is 0.317 e. The predicted molar refractivity (Wildman–Crippen MR) is 142 cm³/mol. The Bertz CT molecular complexity index is 591. The second-order valence-corrected chi connectivity index (χ2v) is 9.67. The predicted octanol–water partition coefficient (Wildman–Crippen LogP) is 5.98. The average Bonchev–Trinajstić information content (AvgIpc) is 2.81. The topological polar surface area (TPSA) is 70.7 Å². The van der Waals surface area contributed by atoms with Gasteiger partial charge in [0.25, 0.3) is 0 Å². The van der Waals surface area contributed by atoms with Gasteiger partial charge in [-0.15, -0.1) is 0 Å². The molecule has 1 rings (SSSR count). The highest BCUT2D eigenvalue weighted by atomic mass is 16.5. The number of hydrogen-bond acceptors (Lipinski definition) is 4. The summed E-state index contributed by atoms with van der Waals surface area (Å²) in [6, 6.07) is -0.0726. The first-order valence-corrected chi connectivity index (χ1v) is 13.7. The highest BCUT2D eigenvalue weighted by Gasteiger charge is 2.29. The van der Waals surface area contributed by atoms with Crippen LogP contribution in [0.15, 0.2) is 24.3 Å². The Morgan fingerprint density at radius 2 is 1.59 bits per heavy atom. The number of urea groups is 1. The van der Waals surface area contributed by atoms with Crippen molar-refractivity contribution < 1.29 is 14.3 Å². The molecule has 1 aliphatic rings. The lowest BCUT2D eigenvalue weighted by Gasteiger charge is -2.36. The normalized spacial score (nSPS) is 18.6. The quantitative estimate of drug-likeness (QED) is 0.145. The molecule has 2 unspecified atom stereocenters. The van der Waals surface area contributed by atoms with Crippen LogP contribution in [0.3, 0.4) is 0 Å². The van der Waals surface area contributed by atoms with Crippen LogP contribution in [0.2, 0.25) is 0 Å². The average molecular weight is 478 g/mol. The molecular weight excluding hydrogens is 426 g/mol. The lowest BCUT2D eigenvalue weighted by atomic mass is 9.98. The maximum absolute atomic E-state index is 12.3. The number of nitrogens with zero attached hydrogens (tertiary/aromatic N) is 1. The zero-order valence-electron chi connectivity index (χ0n) is 22.2. The molecule has 1 aliphatic heterocycles. The van der Waals surface area contributed by atoms with Gasteiger partial charge in [0.05, 0.1) is 6.54 Å². The monoisotopic (exact) mass is 477 g/mol. The minimum atomic E-state index is -0.190. The number of carbonyl (C=O) groups excluding carboxylic acids is 2. The van der Waals surface area contributed by atoms with Crippen LogP contribution in [0.25, 0.3) is 0 Å². The maximum atomic E-state index is 12.3. The molecule has 0 radical (unpaired) electrons. The standard InChI is InChI=1S/C28H51N3O3/c1-4-5-6-7-8-9-10-11-12-13-14-15-16-17-18-19-27(32)34-26-22-25(2)23-31(24-26)28(33)30-21-20-29-3/h8-9,11-12,25-26,29H,4-7,10,13-24H2,1-3H3,(H,30,33)/b9-8-,12-11-. The number of ether oxygens (including phenoxy) is 1. The molecule has 0 aromatic carbocycles. The Balaban J connectivity index is 2.05. The number of hydrogen-bond donors (Lipinski definition) is 2. The van der Waals surface area contributed by atoms with E-state index >= 15 is 0 Å². The number of unbranched alkanes of at least 4 members (excludes halogenated alkanes) is 8. The highest BCUT2D eigenvalue weighted by Crippen LogP contribution is 2.20. The molecule has 196 valence electrons. The molecule has 0 bridgehead atoms. The number of esters is 1. The molecule has 34 heavy (non-hydrogen) atoms. The first-order valence-electron chi connectivity index (χ1n) is 13.7. The van der Waals surface area contributed by atoms with Gasteiger partial charge in [0.15, 0.2) is 0 Å². The van der Waals surface area contributed by atoms with E-state index in [-0.39, 0.29) is 18.1 Å². The largest absolute Gasteiger partial charge is 0.460 e. The summed E-state index contributed by atoms with van der Waals surface area (Å²) < 4.78 is 5.70. The van der Waals surface area contributed by atoms with Crippen LogP contribution in [0.5, 0.6) is 0 Å². The molecule has 0 aliphatic carbocycles. The van der Waals surface area contributed by atoms with Gasteiger partial charge in [-0.1, -0.05) is 70.3 Å². The summed E-state index contributed by atoms with van der Waals surface area (Å²) >= 11 is 0. The minimum absolute atomic E-state index is 0.0726. The van der Waals surface area contributed by atoms with Gasteiger partial charge in [-0.25, -0.2) is 4.79 Å². The third kappa shape index (κ3) is 15.9. The van der Waals surface area contributed by atoms with Crippen LogP contribution in [0.1, 0.15) is 97.3 Å². The molecule has 1 saturated heterocycles. The molecule has 0 aromatic rings. The van der Waals surface area contributed by atoms with Crippen molar-refractivity contribution in [2.24, 2.45) is 5.92 Å². The summed E-state index contributed by atoms with van der Waals surface area (Å²) in [6.45, 7) is 6.88. The summed E-state index contributed by atoms with van der Waals surface area (Å²) in [6.07, 6.45) is 23.1. The molecule has 2 atom stereocenters. The number of amides is 2. The van der Waals surface area contributed by atoms with E-state index < -0.39 is 0 Å². The second-order valence-electron chi connectivity index (χ2n) is 9.67. The highest BCUT2D eigenvalue weighted by molar-refractivity contribution is 5.74. The fraction of sp³-hybridized carbons (Fsp3) is 0.786. The second kappa shape index (κ2) is 20.5. The van der Waals surface area contributed by atoms with Gasteiger partial charge in [-0.05, 0) is 57.9 Å². The lowest BCUT2D eigenvalue weighted by Crippen LogP contribution is -2.51. The van der Waals surface area contributed by atoms with Crippen LogP contribution >= 0.6 is 0 Å². The molecule has 1 heterocycles. The molecule has 2 N–H and O–H groups in total. The van der Waals surface area contributed by atoms with Gasteiger partial charge in [-0.2, -0.15) is 0 Å². The number of piperidine rings is 1. The van der Waals surface area contributed by atoms with Gasteiger partial charge < -0.3 is 20.3 Å². The van der Waals surface area contributed by atoms with Crippen LogP contribution in [0.4, 0.5) is 4.79 Å². The first kappa shape index (κ1) is 30.2.